The van der Waals surface area contributed by atoms with Crippen molar-refractivity contribution in [2.75, 3.05) is 23.9 Å². The fourth-order valence-electron chi connectivity index (χ4n) is 19.0. The van der Waals surface area contributed by atoms with Crippen LogP contribution < -0.4 is 47.1 Å². The molecule has 0 radical (unpaired) electrons. The number of anilines is 2. The van der Waals surface area contributed by atoms with Crippen LogP contribution in [0.1, 0.15) is 77.9 Å². The Morgan fingerprint density at radius 2 is 0.449 bits per heavy atom. The molecule has 0 amide bonds. The molecule has 14 heteroatoms. The Morgan fingerprint density at radius 3 is 0.695 bits per heavy atom. The fourth-order valence-corrected chi connectivity index (χ4v) is 19.0. The number of para-hydroxylation sites is 4. The highest BCUT2D eigenvalue weighted by atomic mass is 35.7. The van der Waals surface area contributed by atoms with E-state index < -0.39 is 31.3 Å². The Hall–Kier alpha value is -12.0. The summed E-state index contributed by atoms with van der Waals surface area (Å²) in [5.74, 6) is 0. The summed E-state index contributed by atoms with van der Waals surface area (Å²) in [7, 11) is -5.33. The minimum absolute atomic E-state index is 0.346. The number of hydrogen-bond donors (Lipinski definition) is 0. The number of rotatable bonds is 24. The van der Waals surface area contributed by atoms with Crippen LogP contribution in [0.25, 0.3) is 0 Å². The highest BCUT2D eigenvalue weighted by Crippen LogP contribution is 2.54. The molecule has 13 aromatic rings. The standard InChI is InChI=1S/C104H92N4.2ClHO4/c1-105-93-57-31-27-53-89(93)101(69-79-37-11-3-12-38-79,70-80-39-13-4-14-40-80)97(105)61-35-63-99-103(73-83-45-19-7-20-46-83,74-84-47-21-8-22-48-84)91-55-29-33-59-95(91)107(99)77-87-65-67-88(68-66-87)78-108-96-60-34-30-56-92(96)104(75-85-49-23-9-24-50-85,76-86-51-25-10-26-52-86)100(108)64-36-62-98-102(71-81-41-15-5-16-42-81,72-82-43-17-6-18-44-82)90-54-28-32-58-94(90)106(98)2;2*2-1(3,4)5/h3-68H,69-78H2,1-2H3;2*(H,2,3,4,5)/q+2;;/p-2. The molecular formula is C104H92Cl2N4O8. The van der Waals surface area contributed by atoms with Crippen LogP contribution in [0.4, 0.5) is 22.7 Å². The molecule has 0 bridgehead atoms. The summed E-state index contributed by atoms with van der Waals surface area (Å²) in [4.78, 5) is 4.95. The van der Waals surface area contributed by atoms with Crippen molar-refractivity contribution in [2.24, 2.45) is 0 Å². The highest BCUT2D eigenvalue weighted by Gasteiger charge is 2.54. The van der Waals surface area contributed by atoms with Gasteiger partial charge < -0.3 is 9.80 Å². The molecule has 0 saturated heterocycles. The van der Waals surface area contributed by atoms with Crippen LogP contribution in [0.3, 0.4) is 0 Å². The molecule has 118 heavy (non-hydrogen) atoms. The van der Waals surface area contributed by atoms with Gasteiger partial charge in [0.25, 0.3) is 0 Å². The molecule has 4 aliphatic rings. The predicted molar refractivity (Wildman–Crippen MR) is 449 cm³/mol. The number of hydrogen-bond acceptors (Lipinski definition) is 10. The molecule has 0 aliphatic carbocycles. The lowest BCUT2D eigenvalue weighted by Crippen LogP contribution is -2.68. The molecule has 0 unspecified atom stereocenters. The molecule has 0 spiro atoms. The van der Waals surface area contributed by atoms with E-state index in [-0.39, 0.29) is 10.8 Å². The third-order valence-corrected chi connectivity index (χ3v) is 23.8. The average molecular weight is 1600 g/mol. The van der Waals surface area contributed by atoms with Gasteiger partial charge in [-0.2, -0.15) is 9.15 Å². The molecule has 4 heterocycles. The van der Waals surface area contributed by atoms with Gasteiger partial charge in [-0.15, -0.1) is 20.5 Å². The van der Waals surface area contributed by atoms with Crippen LogP contribution in [0, 0.1) is 20.5 Å². The van der Waals surface area contributed by atoms with Crippen LogP contribution in [-0.2, 0) is 86.1 Å². The monoisotopic (exact) mass is 1590 g/mol. The van der Waals surface area contributed by atoms with Gasteiger partial charge in [-0.25, -0.2) is 37.3 Å². The molecule has 590 valence electrons. The van der Waals surface area contributed by atoms with Gasteiger partial charge in [0.05, 0.1) is 10.8 Å². The lowest BCUT2D eigenvalue weighted by Gasteiger charge is -2.33. The Bertz CT molecular complexity index is 5240. The molecule has 12 nitrogen and oxygen atoms in total. The first kappa shape index (κ1) is 81.2. The van der Waals surface area contributed by atoms with Gasteiger partial charge in [0.2, 0.25) is 11.4 Å². The quantitative estimate of drug-likeness (QED) is 0.0525. The van der Waals surface area contributed by atoms with Gasteiger partial charge in [0.15, 0.2) is 24.5 Å². The molecule has 0 aromatic heterocycles. The van der Waals surface area contributed by atoms with Crippen molar-refractivity contribution < 1.29 is 66.9 Å². The second-order valence-corrected chi connectivity index (χ2v) is 32.7. The summed E-state index contributed by atoms with van der Waals surface area (Å²) in [6, 6.07) is 136. The summed E-state index contributed by atoms with van der Waals surface area (Å²) in [6.07, 6.45) is 21.5. The van der Waals surface area contributed by atoms with Gasteiger partial charge in [-0.1, -0.05) is 352 Å². The fraction of sp³-hybridized carbons (Fsp3) is 0.154. The lowest BCUT2D eigenvalue weighted by molar-refractivity contribution is -2.00. The predicted octanol–water partition coefficient (Wildman–Crippen LogP) is 12.8. The van der Waals surface area contributed by atoms with E-state index in [9.17, 15) is 0 Å². The Balaban J connectivity index is 0.00000103. The normalized spacial score (nSPS) is 16.0. The zero-order valence-electron chi connectivity index (χ0n) is 66.0. The molecule has 4 aliphatic heterocycles. The van der Waals surface area contributed by atoms with Crippen LogP contribution >= 0.6 is 0 Å². The van der Waals surface area contributed by atoms with Gasteiger partial charge in [0.1, 0.15) is 0 Å². The van der Waals surface area contributed by atoms with Crippen molar-refractivity contribution in [3.05, 3.63) is 490 Å². The molecular weight excluding hydrogens is 1500 g/mol. The molecule has 13 aromatic carbocycles. The Labute approximate surface area is 696 Å². The minimum atomic E-state index is -4.94. The van der Waals surface area contributed by atoms with E-state index in [0.29, 0.717) is 13.1 Å². The van der Waals surface area contributed by atoms with Crippen molar-refractivity contribution in [3.63, 3.8) is 0 Å². The molecule has 0 fully saturated rings. The number of benzene rings is 13. The Kier molecular flexibility index (Phi) is 24.7. The van der Waals surface area contributed by atoms with E-state index in [1.807, 2.05) is 0 Å². The molecule has 0 saturated carbocycles. The smallest absolute Gasteiger partial charge is 0.210 e. The number of likely N-dealkylation sites (N-methyl/N-ethyl adjacent to an activating group) is 2. The average Bonchev–Trinajstić information content (AvgIpc) is 1.58. The van der Waals surface area contributed by atoms with Crippen molar-refractivity contribution in [1.29, 1.82) is 0 Å². The summed E-state index contributed by atoms with van der Waals surface area (Å²) < 4.78 is 73.3. The van der Waals surface area contributed by atoms with Gasteiger partial charge >= 0.3 is 0 Å². The van der Waals surface area contributed by atoms with E-state index in [4.69, 9.17) is 37.3 Å². The van der Waals surface area contributed by atoms with E-state index in [0.717, 1.165) is 51.4 Å². The maximum Gasteiger partial charge on any atom is 0.210 e. The van der Waals surface area contributed by atoms with Gasteiger partial charge in [-0.3, -0.25) is 0 Å². The molecule has 0 N–H and O–H groups in total. The maximum absolute atomic E-state index is 8.49. The number of fused-ring (bicyclic) bond motifs is 4. The van der Waals surface area contributed by atoms with Crippen molar-refractivity contribution in [2.45, 2.75) is 86.1 Å². The van der Waals surface area contributed by atoms with Crippen LogP contribution in [-0.4, -0.2) is 34.7 Å². The van der Waals surface area contributed by atoms with Gasteiger partial charge in [-0.05, 0) is 131 Å². The van der Waals surface area contributed by atoms with Crippen molar-refractivity contribution in [1.82, 2.24) is 0 Å². The van der Waals surface area contributed by atoms with Crippen LogP contribution in [0.15, 0.2) is 412 Å². The zero-order chi connectivity index (χ0) is 81.8. The third kappa shape index (κ3) is 18.2. The minimum Gasteiger partial charge on any atom is -0.347 e. The first-order chi connectivity index (χ1) is 57.3. The van der Waals surface area contributed by atoms with Crippen LogP contribution in [0.2, 0.25) is 0 Å². The Morgan fingerprint density at radius 1 is 0.246 bits per heavy atom. The molecule has 17 rings (SSSR count). The van der Waals surface area contributed by atoms with E-state index >= 15 is 0 Å². The summed E-state index contributed by atoms with van der Waals surface area (Å²) in [6.45, 7) is 1.37. The number of halogens is 2. The first-order valence-electron chi connectivity index (χ1n) is 39.8. The van der Waals surface area contributed by atoms with E-state index in [1.54, 1.807) is 0 Å². The lowest BCUT2D eigenvalue weighted by atomic mass is 9.69. The van der Waals surface area contributed by atoms with E-state index in [2.05, 4.69) is 433 Å². The maximum atomic E-state index is 8.49. The topological polar surface area (TPSA) is 197 Å². The van der Waals surface area contributed by atoms with Crippen molar-refractivity contribution >= 4 is 34.2 Å². The molecule has 0 atom stereocenters. The van der Waals surface area contributed by atoms with E-state index in [1.165, 1.54) is 123 Å². The zero-order valence-corrected chi connectivity index (χ0v) is 67.5. The number of allylic oxidation sites excluding steroid dienone is 8. The summed E-state index contributed by atoms with van der Waals surface area (Å²) in [5, 5.41) is 0. The SMILES string of the molecule is CN1/C(=C/C=C/C2=[N+](Cc3ccc(C[N+]4=C(/C=C/C=C5/N(C)c6ccccc6C5(Cc5ccccc5)Cc5ccccc5)C(Cc5ccccc5)(Cc5ccccc5)c5ccccc54)cc3)c3ccccc3C2(Cc2ccccc2)Cc2ccccc2)C(Cc2ccccc2)(Cc2ccccc2)c2ccccc21.[O-][Cl+3]([O-])([O-])[O-].[O-][Cl+3]([O-])([O-])[O-]. The van der Waals surface area contributed by atoms with Crippen molar-refractivity contribution in [3.8, 4) is 0 Å². The second kappa shape index (κ2) is 35.9. The number of nitrogens with zero attached hydrogens (tertiary/aromatic N) is 4. The first-order valence-corrected chi connectivity index (χ1v) is 42.3. The summed E-state index contributed by atoms with van der Waals surface area (Å²) in [5.41, 5.74) is 27.1. The second-order valence-electron chi connectivity index (χ2n) is 31.2. The van der Waals surface area contributed by atoms with Crippen LogP contribution in [0.5, 0.6) is 0 Å². The highest BCUT2D eigenvalue weighted by molar-refractivity contribution is 6.05. The van der Waals surface area contributed by atoms with Gasteiger partial charge in [0, 0.05) is 94.2 Å². The summed E-state index contributed by atoms with van der Waals surface area (Å²) >= 11 is 0. The largest absolute Gasteiger partial charge is 0.347 e. The third-order valence-electron chi connectivity index (χ3n) is 23.8.